The molecule has 0 aliphatic carbocycles. The molecule has 4 heteroatoms. The van der Waals surface area contributed by atoms with Gasteiger partial charge in [-0.15, -0.1) is 0 Å². The van der Waals surface area contributed by atoms with Crippen molar-refractivity contribution < 1.29 is 14.6 Å². The van der Waals surface area contributed by atoms with Crippen LogP contribution in [0, 0.1) is 5.92 Å². The molecule has 82 valence electrons. The van der Waals surface area contributed by atoms with Crippen molar-refractivity contribution in [3.8, 4) is 0 Å². The average molecular weight is 201 g/mol. The molecule has 0 radical (unpaired) electrons. The number of ether oxygens (including phenoxy) is 1. The average Bonchev–Trinajstić information content (AvgIpc) is 2.01. The minimum Gasteiger partial charge on any atom is -0.419 e. The van der Waals surface area contributed by atoms with Gasteiger partial charge in [-0.05, 0) is 19.9 Å². The number of aliphatic hydroxyl groups is 1. The van der Waals surface area contributed by atoms with Crippen LogP contribution in [0.4, 0.5) is 4.79 Å². The zero-order valence-electron chi connectivity index (χ0n) is 9.44. The van der Waals surface area contributed by atoms with Gasteiger partial charge in [0.15, 0.2) is 0 Å². The molecule has 0 saturated carbocycles. The van der Waals surface area contributed by atoms with Gasteiger partial charge in [0, 0.05) is 20.0 Å². The van der Waals surface area contributed by atoms with Gasteiger partial charge in [0.25, 0.3) is 0 Å². The largest absolute Gasteiger partial charge is 0.419 e. The molecular weight excluding hydrogens is 182 g/mol. The monoisotopic (exact) mass is 201 g/mol. The molecule has 1 N–H and O–H groups in total. The number of amides is 1. The van der Waals surface area contributed by atoms with E-state index in [9.17, 15) is 9.90 Å². The molecule has 0 heterocycles. The Balaban J connectivity index is 4.02. The van der Waals surface area contributed by atoms with Crippen LogP contribution in [0.5, 0.6) is 0 Å². The number of carbonyl (C=O) groups excluding carboxylic acids is 1. The number of carbonyl (C=O) groups is 1. The summed E-state index contributed by atoms with van der Waals surface area (Å²) in [7, 11) is 3.21. The fourth-order valence-corrected chi connectivity index (χ4v) is 0.556. The zero-order valence-corrected chi connectivity index (χ0v) is 9.44. The Morgan fingerprint density at radius 2 is 2.00 bits per heavy atom. The molecule has 0 aromatic rings. The second kappa shape index (κ2) is 5.00. The summed E-state index contributed by atoms with van der Waals surface area (Å²) >= 11 is 0. The van der Waals surface area contributed by atoms with E-state index >= 15 is 0 Å². The minimum atomic E-state index is -0.805. The summed E-state index contributed by atoms with van der Waals surface area (Å²) in [6, 6.07) is 0. The van der Waals surface area contributed by atoms with Crippen LogP contribution in [0.2, 0.25) is 0 Å². The van der Waals surface area contributed by atoms with Gasteiger partial charge >= 0.3 is 6.09 Å². The Hall–Kier alpha value is -1.03. The molecule has 0 aromatic heterocycles. The Morgan fingerprint density at radius 3 is 2.36 bits per heavy atom. The van der Waals surface area contributed by atoms with Crippen LogP contribution in [-0.2, 0) is 4.74 Å². The van der Waals surface area contributed by atoms with E-state index in [0.29, 0.717) is 0 Å². The summed E-state index contributed by atoms with van der Waals surface area (Å²) in [4.78, 5) is 12.3. The molecule has 0 spiro atoms. The standard InChI is InChI=1S/C10H19NO3/c1-8(10(2,3)13)6-7-14-9(12)11(4)5/h6-8,13H,1-5H3/b7-6-/t8-/m0/s1. The first-order valence-electron chi connectivity index (χ1n) is 4.52. The number of nitrogens with zero attached hydrogens (tertiary/aromatic N) is 1. The van der Waals surface area contributed by atoms with E-state index in [1.165, 1.54) is 11.2 Å². The smallest absolute Gasteiger partial charge is 0.414 e. The second-order valence-corrected chi connectivity index (χ2v) is 4.05. The summed E-state index contributed by atoms with van der Waals surface area (Å²) in [5.74, 6) is -0.0718. The van der Waals surface area contributed by atoms with Crippen molar-refractivity contribution >= 4 is 6.09 Å². The molecule has 0 rings (SSSR count). The SMILES string of the molecule is C[C@@H](/C=C\OC(=O)N(C)C)C(C)(C)O. The molecule has 0 aromatic carbocycles. The maximum atomic E-state index is 11.0. The molecule has 0 unspecified atom stereocenters. The summed E-state index contributed by atoms with van der Waals surface area (Å²) in [5.41, 5.74) is -0.805. The van der Waals surface area contributed by atoms with Gasteiger partial charge in [-0.1, -0.05) is 6.92 Å². The first-order valence-corrected chi connectivity index (χ1v) is 4.52. The summed E-state index contributed by atoms with van der Waals surface area (Å²) < 4.78 is 4.76. The van der Waals surface area contributed by atoms with Crippen LogP contribution >= 0.6 is 0 Å². The zero-order chi connectivity index (χ0) is 11.4. The molecule has 0 aliphatic heterocycles. The highest BCUT2D eigenvalue weighted by Crippen LogP contribution is 2.16. The number of hydrogen-bond donors (Lipinski definition) is 1. The van der Waals surface area contributed by atoms with Crippen LogP contribution in [0.1, 0.15) is 20.8 Å². The minimum absolute atomic E-state index is 0.0718. The van der Waals surface area contributed by atoms with E-state index in [2.05, 4.69) is 0 Å². The van der Waals surface area contributed by atoms with Crippen molar-refractivity contribution in [3.05, 3.63) is 12.3 Å². The lowest BCUT2D eigenvalue weighted by Crippen LogP contribution is -2.27. The highest BCUT2D eigenvalue weighted by Gasteiger charge is 2.19. The molecular formula is C10H19NO3. The molecule has 0 saturated heterocycles. The Morgan fingerprint density at radius 1 is 1.50 bits per heavy atom. The molecule has 0 bridgehead atoms. The van der Waals surface area contributed by atoms with Crippen molar-refractivity contribution in [2.24, 2.45) is 5.92 Å². The molecule has 0 aliphatic rings. The third-order valence-electron chi connectivity index (χ3n) is 2.02. The van der Waals surface area contributed by atoms with E-state index in [1.807, 2.05) is 6.92 Å². The fourth-order valence-electron chi connectivity index (χ4n) is 0.556. The lowest BCUT2D eigenvalue weighted by molar-refractivity contribution is 0.0430. The van der Waals surface area contributed by atoms with Crippen LogP contribution in [-0.4, -0.2) is 35.8 Å². The van der Waals surface area contributed by atoms with Crippen LogP contribution in [0.15, 0.2) is 12.3 Å². The molecule has 0 fully saturated rings. The van der Waals surface area contributed by atoms with Gasteiger partial charge in [-0.2, -0.15) is 0 Å². The van der Waals surface area contributed by atoms with E-state index < -0.39 is 11.7 Å². The molecule has 1 amide bonds. The number of rotatable bonds is 3. The quantitative estimate of drug-likeness (QED) is 0.706. The maximum absolute atomic E-state index is 11.0. The van der Waals surface area contributed by atoms with E-state index in [1.54, 1.807) is 34.0 Å². The van der Waals surface area contributed by atoms with Crippen LogP contribution in [0.3, 0.4) is 0 Å². The van der Waals surface area contributed by atoms with Gasteiger partial charge in [0.05, 0.1) is 11.9 Å². The van der Waals surface area contributed by atoms with E-state index in [-0.39, 0.29) is 5.92 Å². The Bertz CT molecular complexity index is 216. The third-order valence-corrected chi connectivity index (χ3v) is 2.02. The maximum Gasteiger partial charge on any atom is 0.414 e. The Labute approximate surface area is 85.2 Å². The van der Waals surface area contributed by atoms with Gasteiger partial charge in [0.1, 0.15) is 0 Å². The summed E-state index contributed by atoms with van der Waals surface area (Å²) in [6.07, 6.45) is 2.54. The predicted octanol–water partition coefficient (Wildman–Crippen LogP) is 1.61. The van der Waals surface area contributed by atoms with Gasteiger partial charge in [-0.25, -0.2) is 4.79 Å². The van der Waals surface area contributed by atoms with Crippen LogP contribution < -0.4 is 0 Å². The van der Waals surface area contributed by atoms with Gasteiger partial charge in [-0.3, -0.25) is 0 Å². The van der Waals surface area contributed by atoms with Crippen molar-refractivity contribution in [3.63, 3.8) is 0 Å². The highest BCUT2D eigenvalue weighted by atomic mass is 16.5. The topological polar surface area (TPSA) is 49.8 Å². The van der Waals surface area contributed by atoms with E-state index in [4.69, 9.17) is 4.74 Å². The van der Waals surface area contributed by atoms with Crippen molar-refractivity contribution in [1.82, 2.24) is 4.90 Å². The molecule has 14 heavy (non-hydrogen) atoms. The second-order valence-electron chi connectivity index (χ2n) is 4.05. The summed E-state index contributed by atoms with van der Waals surface area (Å²) in [5, 5.41) is 9.56. The van der Waals surface area contributed by atoms with Crippen molar-refractivity contribution in [2.45, 2.75) is 26.4 Å². The third kappa shape index (κ3) is 4.87. The number of hydrogen-bond acceptors (Lipinski definition) is 3. The normalized spacial score (nSPS) is 14.1. The first kappa shape index (κ1) is 13.0. The molecule has 4 nitrogen and oxygen atoms in total. The van der Waals surface area contributed by atoms with Crippen molar-refractivity contribution in [2.75, 3.05) is 14.1 Å². The van der Waals surface area contributed by atoms with Crippen molar-refractivity contribution in [1.29, 1.82) is 0 Å². The first-order chi connectivity index (χ1) is 6.25. The van der Waals surface area contributed by atoms with Crippen LogP contribution in [0.25, 0.3) is 0 Å². The summed E-state index contributed by atoms with van der Waals surface area (Å²) in [6.45, 7) is 5.26. The predicted molar refractivity (Wildman–Crippen MR) is 54.8 cm³/mol. The van der Waals surface area contributed by atoms with Gasteiger partial charge < -0.3 is 14.7 Å². The van der Waals surface area contributed by atoms with E-state index in [0.717, 1.165) is 0 Å². The molecule has 1 atom stereocenters. The lowest BCUT2D eigenvalue weighted by atomic mass is 9.93. The highest BCUT2D eigenvalue weighted by molar-refractivity contribution is 5.67. The van der Waals surface area contributed by atoms with Gasteiger partial charge in [0.2, 0.25) is 0 Å². The fraction of sp³-hybridized carbons (Fsp3) is 0.700. The Kier molecular flexibility index (Phi) is 4.63. The lowest BCUT2D eigenvalue weighted by Gasteiger charge is -2.22.